The molecule has 0 spiro atoms. The van der Waals surface area contributed by atoms with Crippen molar-refractivity contribution in [3.63, 3.8) is 0 Å². The Hall–Kier alpha value is -2.58. The lowest BCUT2D eigenvalue weighted by molar-refractivity contribution is -0.136. The normalized spacial score (nSPS) is 31.1. The fraction of sp³-hybridized carbons (Fsp3) is 0.565. The quantitative estimate of drug-likeness (QED) is 0.699. The zero-order valence-electron chi connectivity index (χ0n) is 17.6. The molecule has 0 radical (unpaired) electrons. The highest BCUT2D eigenvalue weighted by Gasteiger charge is 2.45. The molecule has 8 heteroatoms. The highest BCUT2D eigenvalue weighted by Crippen LogP contribution is 2.43. The average molecular weight is 425 g/mol. The number of carbonyl (C=O) groups excluding carboxylic acids is 4. The van der Waals surface area contributed by atoms with Crippen molar-refractivity contribution in [2.45, 2.75) is 51.1 Å². The fourth-order valence-electron chi connectivity index (χ4n) is 6.03. The number of nitrogens with one attached hydrogen (secondary N) is 1. The molecule has 3 N–H and O–H groups in total. The first-order valence-corrected chi connectivity index (χ1v) is 11.2. The van der Waals surface area contributed by atoms with Crippen molar-refractivity contribution in [3.8, 4) is 0 Å². The molecule has 3 aliphatic heterocycles. The Morgan fingerprint density at radius 2 is 1.90 bits per heavy atom. The minimum absolute atomic E-state index is 0.119. The van der Waals surface area contributed by atoms with Gasteiger partial charge in [0.2, 0.25) is 11.8 Å². The summed E-state index contributed by atoms with van der Waals surface area (Å²) in [6.07, 6.45) is 5.16. The molecular formula is C23H28N4O4. The molecule has 0 aromatic heterocycles. The van der Waals surface area contributed by atoms with Gasteiger partial charge in [-0.05, 0) is 61.3 Å². The first-order valence-electron chi connectivity index (χ1n) is 11.2. The van der Waals surface area contributed by atoms with Gasteiger partial charge in [-0.25, -0.2) is 0 Å². The van der Waals surface area contributed by atoms with E-state index >= 15 is 0 Å². The Labute approximate surface area is 181 Å². The third-order valence-corrected chi connectivity index (χ3v) is 7.46. The molecule has 3 heterocycles. The summed E-state index contributed by atoms with van der Waals surface area (Å²) in [5.74, 6) is -1.20. The predicted molar refractivity (Wildman–Crippen MR) is 112 cm³/mol. The van der Waals surface area contributed by atoms with Crippen LogP contribution in [0.15, 0.2) is 18.2 Å². The molecule has 3 atom stereocenters. The SMILES string of the molecule is NCC12CCCC(CN(Cc3ccc4c(c3)C(=O)N(C3CCC(=O)NC3=O)C4=O)C1)C2. The van der Waals surface area contributed by atoms with Gasteiger partial charge in [0.15, 0.2) is 0 Å². The van der Waals surface area contributed by atoms with Crippen LogP contribution in [0, 0.1) is 11.3 Å². The Kier molecular flexibility index (Phi) is 4.94. The predicted octanol–water partition coefficient (Wildman–Crippen LogP) is 1.04. The van der Waals surface area contributed by atoms with Crippen molar-refractivity contribution in [2.24, 2.45) is 17.1 Å². The maximum Gasteiger partial charge on any atom is 0.262 e. The number of nitrogens with two attached hydrogens (primary N) is 1. The number of imide groups is 2. The zero-order valence-corrected chi connectivity index (χ0v) is 17.6. The molecule has 2 saturated heterocycles. The standard InChI is InChI=1S/C23H28N4O4/c24-12-23-7-1-2-15(9-23)11-26(13-23)10-14-3-4-16-17(8-14)22(31)27(21(16)30)18-5-6-19(28)25-20(18)29/h3-4,8,15,18H,1-2,5-7,9-13,24H2,(H,25,28,29). The zero-order chi connectivity index (χ0) is 21.8. The van der Waals surface area contributed by atoms with Crippen LogP contribution in [-0.4, -0.2) is 59.1 Å². The van der Waals surface area contributed by atoms with E-state index in [0.717, 1.165) is 23.6 Å². The second kappa shape index (κ2) is 7.53. The molecular weight excluding hydrogens is 396 g/mol. The fourth-order valence-corrected chi connectivity index (χ4v) is 6.03. The van der Waals surface area contributed by atoms with Gasteiger partial charge in [-0.3, -0.25) is 34.3 Å². The first-order chi connectivity index (χ1) is 14.9. The summed E-state index contributed by atoms with van der Waals surface area (Å²) >= 11 is 0. The van der Waals surface area contributed by atoms with Crippen LogP contribution in [0.2, 0.25) is 0 Å². The molecule has 5 rings (SSSR count). The lowest BCUT2D eigenvalue weighted by Crippen LogP contribution is -2.54. The number of carbonyl (C=O) groups is 4. The molecule has 1 saturated carbocycles. The molecule has 1 aromatic carbocycles. The van der Waals surface area contributed by atoms with Crippen molar-refractivity contribution >= 4 is 23.6 Å². The van der Waals surface area contributed by atoms with Crippen LogP contribution in [0.4, 0.5) is 0 Å². The second-order valence-corrected chi connectivity index (χ2v) is 9.66. The van der Waals surface area contributed by atoms with Gasteiger partial charge in [0.1, 0.15) is 6.04 Å². The summed E-state index contributed by atoms with van der Waals surface area (Å²) in [4.78, 5) is 53.0. The van der Waals surface area contributed by atoms with Gasteiger partial charge >= 0.3 is 0 Å². The number of hydrogen-bond acceptors (Lipinski definition) is 6. The van der Waals surface area contributed by atoms with Gasteiger partial charge in [0.25, 0.3) is 11.8 Å². The molecule has 3 unspecified atom stereocenters. The third kappa shape index (κ3) is 3.47. The van der Waals surface area contributed by atoms with Gasteiger partial charge in [-0.1, -0.05) is 12.5 Å². The third-order valence-electron chi connectivity index (χ3n) is 7.46. The molecule has 164 valence electrons. The van der Waals surface area contributed by atoms with Crippen LogP contribution in [0.25, 0.3) is 0 Å². The average Bonchev–Trinajstić information content (AvgIpc) is 2.98. The van der Waals surface area contributed by atoms with E-state index in [1.54, 1.807) is 12.1 Å². The van der Waals surface area contributed by atoms with Gasteiger partial charge in [-0.2, -0.15) is 0 Å². The van der Waals surface area contributed by atoms with E-state index in [-0.39, 0.29) is 24.2 Å². The summed E-state index contributed by atoms with van der Waals surface area (Å²) < 4.78 is 0. The molecule has 4 aliphatic rings. The Balaban J connectivity index is 1.35. The number of hydrogen-bond donors (Lipinski definition) is 2. The topological polar surface area (TPSA) is 113 Å². The minimum atomic E-state index is -0.931. The largest absolute Gasteiger partial charge is 0.330 e. The van der Waals surface area contributed by atoms with E-state index in [4.69, 9.17) is 5.73 Å². The second-order valence-electron chi connectivity index (χ2n) is 9.66. The van der Waals surface area contributed by atoms with E-state index in [1.165, 1.54) is 25.7 Å². The number of amides is 4. The number of rotatable bonds is 4. The first kappa shape index (κ1) is 20.3. The minimum Gasteiger partial charge on any atom is -0.330 e. The van der Waals surface area contributed by atoms with Crippen molar-refractivity contribution < 1.29 is 19.2 Å². The summed E-state index contributed by atoms with van der Waals surface area (Å²) in [6, 6.07) is 4.46. The Bertz CT molecular complexity index is 976. The van der Waals surface area contributed by atoms with Gasteiger partial charge in [0, 0.05) is 26.1 Å². The molecule has 3 fully saturated rings. The van der Waals surface area contributed by atoms with Crippen LogP contribution in [0.3, 0.4) is 0 Å². The number of nitrogens with zero attached hydrogens (tertiary/aromatic N) is 2. The lowest BCUT2D eigenvalue weighted by atomic mass is 9.66. The number of piperidine rings is 2. The van der Waals surface area contributed by atoms with Crippen LogP contribution in [-0.2, 0) is 16.1 Å². The maximum atomic E-state index is 13.0. The van der Waals surface area contributed by atoms with Gasteiger partial charge < -0.3 is 5.73 Å². The van der Waals surface area contributed by atoms with Crippen molar-refractivity contribution in [1.29, 1.82) is 0 Å². The smallest absolute Gasteiger partial charge is 0.262 e. The number of fused-ring (bicyclic) bond motifs is 3. The molecule has 31 heavy (non-hydrogen) atoms. The summed E-state index contributed by atoms with van der Waals surface area (Å²) in [6.45, 7) is 3.42. The summed E-state index contributed by atoms with van der Waals surface area (Å²) in [7, 11) is 0. The monoisotopic (exact) mass is 424 g/mol. The highest BCUT2D eigenvalue weighted by molar-refractivity contribution is 6.23. The molecule has 8 nitrogen and oxygen atoms in total. The van der Waals surface area contributed by atoms with Crippen molar-refractivity contribution in [3.05, 3.63) is 34.9 Å². The maximum absolute atomic E-state index is 13.0. The Morgan fingerprint density at radius 1 is 1.10 bits per heavy atom. The van der Waals surface area contributed by atoms with Crippen LogP contribution < -0.4 is 11.1 Å². The van der Waals surface area contributed by atoms with Crippen molar-refractivity contribution in [2.75, 3.05) is 19.6 Å². The highest BCUT2D eigenvalue weighted by atomic mass is 16.2. The number of likely N-dealkylation sites (tertiary alicyclic amines) is 1. The summed E-state index contributed by atoms with van der Waals surface area (Å²) in [5.41, 5.74) is 8.00. The molecule has 4 amide bonds. The van der Waals surface area contributed by atoms with E-state index in [2.05, 4.69) is 10.2 Å². The Morgan fingerprint density at radius 3 is 2.68 bits per heavy atom. The molecule has 1 aromatic rings. The van der Waals surface area contributed by atoms with E-state index < -0.39 is 23.8 Å². The van der Waals surface area contributed by atoms with Crippen molar-refractivity contribution in [1.82, 2.24) is 15.1 Å². The van der Waals surface area contributed by atoms with E-state index in [1.807, 2.05) is 6.07 Å². The van der Waals surface area contributed by atoms with E-state index in [0.29, 0.717) is 30.1 Å². The van der Waals surface area contributed by atoms with Crippen LogP contribution >= 0.6 is 0 Å². The number of benzene rings is 1. The van der Waals surface area contributed by atoms with Crippen LogP contribution in [0.1, 0.15) is 64.8 Å². The summed E-state index contributed by atoms with van der Waals surface area (Å²) in [5, 5.41) is 2.23. The molecule has 1 aliphatic carbocycles. The van der Waals surface area contributed by atoms with E-state index in [9.17, 15) is 19.2 Å². The lowest BCUT2D eigenvalue weighted by Gasteiger charge is -2.49. The molecule has 2 bridgehead atoms. The van der Waals surface area contributed by atoms with Gasteiger partial charge in [-0.15, -0.1) is 0 Å². The van der Waals surface area contributed by atoms with Crippen LogP contribution in [0.5, 0.6) is 0 Å². The van der Waals surface area contributed by atoms with Gasteiger partial charge in [0.05, 0.1) is 11.1 Å².